The molecule has 1 aliphatic rings. The maximum atomic E-state index is 12.9. The summed E-state index contributed by atoms with van der Waals surface area (Å²) in [5.41, 5.74) is 0.462. The van der Waals surface area contributed by atoms with Gasteiger partial charge < -0.3 is 4.90 Å². The minimum absolute atomic E-state index is 0.0463. The van der Waals surface area contributed by atoms with Crippen molar-refractivity contribution in [2.75, 3.05) is 13.1 Å². The van der Waals surface area contributed by atoms with Gasteiger partial charge in [-0.05, 0) is 60.9 Å². The number of rotatable bonds is 6. The van der Waals surface area contributed by atoms with E-state index in [1.54, 1.807) is 11.3 Å². The minimum Gasteiger partial charge on any atom is -0.343 e. The molecule has 132 valence electrons. The van der Waals surface area contributed by atoms with Crippen LogP contribution < -0.4 is 0 Å². The second-order valence-electron chi connectivity index (χ2n) is 6.54. The predicted molar refractivity (Wildman–Crippen MR) is 97.3 cm³/mol. The first kappa shape index (κ1) is 17.8. The van der Waals surface area contributed by atoms with Gasteiger partial charge >= 0.3 is 0 Å². The summed E-state index contributed by atoms with van der Waals surface area (Å²) in [6.07, 6.45) is 3.55. The molecule has 0 spiro atoms. The van der Waals surface area contributed by atoms with E-state index in [0.717, 1.165) is 32.4 Å². The third kappa shape index (κ3) is 4.98. The number of carbonyl (C=O) groups is 2. The highest BCUT2D eigenvalue weighted by molar-refractivity contribution is 7.09. The molecule has 1 aliphatic heterocycles. The van der Waals surface area contributed by atoms with Gasteiger partial charge in [0.15, 0.2) is 5.78 Å². The number of amides is 1. The molecular weight excluding hydrogens is 337 g/mol. The average molecular weight is 359 g/mol. The monoisotopic (exact) mass is 359 g/mol. The van der Waals surface area contributed by atoms with Crippen molar-refractivity contribution < 1.29 is 14.0 Å². The summed E-state index contributed by atoms with van der Waals surface area (Å²) in [5.74, 6) is 0.215. The molecule has 0 radical (unpaired) electrons. The van der Waals surface area contributed by atoms with E-state index in [2.05, 4.69) is 17.5 Å². The maximum Gasteiger partial charge on any atom is 0.223 e. The lowest BCUT2D eigenvalue weighted by molar-refractivity contribution is -0.132. The molecule has 2 aromatic rings. The summed E-state index contributed by atoms with van der Waals surface area (Å²) >= 11 is 1.79. The summed E-state index contributed by atoms with van der Waals surface area (Å²) in [5, 5.41) is 2.10. The quantitative estimate of drug-likeness (QED) is 0.720. The number of thiophene rings is 1. The summed E-state index contributed by atoms with van der Waals surface area (Å²) in [7, 11) is 0. The zero-order chi connectivity index (χ0) is 17.6. The molecule has 3 rings (SSSR count). The van der Waals surface area contributed by atoms with E-state index >= 15 is 0 Å². The first-order chi connectivity index (χ1) is 12.1. The molecule has 1 saturated heterocycles. The first-order valence-electron chi connectivity index (χ1n) is 8.71. The van der Waals surface area contributed by atoms with Crippen LogP contribution in [0.2, 0.25) is 0 Å². The fourth-order valence-electron chi connectivity index (χ4n) is 3.26. The van der Waals surface area contributed by atoms with Gasteiger partial charge in [0.1, 0.15) is 5.82 Å². The molecule has 0 unspecified atom stereocenters. The molecule has 0 atom stereocenters. The lowest BCUT2D eigenvalue weighted by Gasteiger charge is -2.32. The van der Waals surface area contributed by atoms with Crippen molar-refractivity contribution in [3.8, 4) is 0 Å². The molecule has 1 aromatic carbocycles. The molecule has 0 saturated carbocycles. The number of nitrogens with zero attached hydrogens (tertiary/aromatic N) is 1. The van der Waals surface area contributed by atoms with E-state index in [9.17, 15) is 14.0 Å². The van der Waals surface area contributed by atoms with Crippen molar-refractivity contribution in [1.29, 1.82) is 0 Å². The predicted octanol–water partition coefficient (Wildman–Crippen LogP) is 4.33. The van der Waals surface area contributed by atoms with Crippen molar-refractivity contribution in [2.45, 2.75) is 32.1 Å². The largest absolute Gasteiger partial charge is 0.343 e. The van der Waals surface area contributed by atoms with Crippen LogP contribution in [0.25, 0.3) is 0 Å². The van der Waals surface area contributed by atoms with E-state index in [1.165, 1.54) is 29.1 Å². The molecule has 1 amide bonds. The van der Waals surface area contributed by atoms with Gasteiger partial charge in [0.25, 0.3) is 0 Å². The number of likely N-dealkylation sites (tertiary alicyclic amines) is 1. The van der Waals surface area contributed by atoms with Crippen LogP contribution in [-0.2, 0) is 11.2 Å². The van der Waals surface area contributed by atoms with Crippen molar-refractivity contribution in [3.63, 3.8) is 0 Å². The highest BCUT2D eigenvalue weighted by Gasteiger charge is 2.23. The Morgan fingerprint density at radius 2 is 1.80 bits per heavy atom. The molecule has 3 nitrogen and oxygen atoms in total. The van der Waals surface area contributed by atoms with Crippen LogP contribution >= 0.6 is 11.3 Å². The molecule has 25 heavy (non-hydrogen) atoms. The van der Waals surface area contributed by atoms with Crippen molar-refractivity contribution in [2.24, 2.45) is 5.92 Å². The number of benzene rings is 1. The van der Waals surface area contributed by atoms with Gasteiger partial charge in [-0.2, -0.15) is 0 Å². The number of halogens is 1. The number of ketones is 1. The Hall–Kier alpha value is -2.01. The minimum atomic E-state index is -0.363. The topological polar surface area (TPSA) is 37.4 Å². The zero-order valence-electron chi connectivity index (χ0n) is 14.1. The Bertz CT molecular complexity index is 704. The Kier molecular flexibility index (Phi) is 5.97. The SMILES string of the molecule is O=C(CCC(=O)N1CCC(Cc2cccs2)CC1)c1ccc(F)cc1. The fraction of sp³-hybridized carbons (Fsp3) is 0.400. The molecular formula is C20H22FNO2S. The number of Topliss-reactive ketones (excluding diaryl/α,β-unsaturated/α-hetero) is 1. The number of hydrogen-bond donors (Lipinski definition) is 0. The Morgan fingerprint density at radius 1 is 1.08 bits per heavy atom. The normalized spacial score (nSPS) is 15.3. The third-order valence-corrected chi connectivity index (χ3v) is 5.67. The molecule has 5 heteroatoms. The standard InChI is InChI=1S/C20H22FNO2S/c21-17-5-3-16(4-6-17)19(23)7-8-20(24)22-11-9-15(10-12-22)14-18-2-1-13-25-18/h1-6,13,15H,7-12,14H2. The lowest BCUT2D eigenvalue weighted by atomic mass is 9.92. The second-order valence-corrected chi connectivity index (χ2v) is 7.57. The summed E-state index contributed by atoms with van der Waals surface area (Å²) < 4.78 is 12.9. The van der Waals surface area contributed by atoms with Gasteiger partial charge in [-0.25, -0.2) is 4.39 Å². The van der Waals surface area contributed by atoms with Gasteiger partial charge in [0.2, 0.25) is 5.91 Å². The lowest BCUT2D eigenvalue weighted by Crippen LogP contribution is -2.38. The Balaban J connectivity index is 1.42. The van der Waals surface area contributed by atoms with Crippen LogP contribution in [0.1, 0.15) is 40.9 Å². The van der Waals surface area contributed by atoms with Crippen LogP contribution in [0.4, 0.5) is 4.39 Å². The van der Waals surface area contributed by atoms with E-state index in [1.807, 2.05) is 4.90 Å². The van der Waals surface area contributed by atoms with Crippen LogP contribution in [0.3, 0.4) is 0 Å². The van der Waals surface area contributed by atoms with Gasteiger partial charge in [-0.15, -0.1) is 11.3 Å². The van der Waals surface area contributed by atoms with Crippen LogP contribution in [0.5, 0.6) is 0 Å². The molecule has 1 fully saturated rings. The van der Waals surface area contributed by atoms with Crippen molar-refractivity contribution in [1.82, 2.24) is 4.90 Å². The van der Waals surface area contributed by atoms with Gasteiger partial charge in [-0.1, -0.05) is 6.07 Å². The van der Waals surface area contributed by atoms with Crippen LogP contribution in [-0.4, -0.2) is 29.7 Å². The van der Waals surface area contributed by atoms with E-state index in [4.69, 9.17) is 0 Å². The molecule has 0 aliphatic carbocycles. The van der Waals surface area contributed by atoms with Crippen LogP contribution in [0, 0.1) is 11.7 Å². The molecule has 0 bridgehead atoms. The molecule has 0 N–H and O–H groups in total. The van der Waals surface area contributed by atoms with E-state index in [-0.39, 0.29) is 30.3 Å². The van der Waals surface area contributed by atoms with Crippen LogP contribution in [0.15, 0.2) is 41.8 Å². The van der Waals surface area contributed by atoms with E-state index in [0.29, 0.717) is 11.5 Å². The smallest absolute Gasteiger partial charge is 0.223 e. The molecule has 1 aromatic heterocycles. The second kappa shape index (κ2) is 8.39. The van der Waals surface area contributed by atoms with Gasteiger partial charge in [-0.3, -0.25) is 9.59 Å². The van der Waals surface area contributed by atoms with Gasteiger partial charge in [0, 0.05) is 36.4 Å². The van der Waals surface area contributed by atoms with Gasteiger partial charge in [0.05, 0.1) is 0 Å². The number of piperidine rings is 1. The number of hydrogen-bond acceptors (Lipinski definition) is 3. The summed E-state index contributed by atoms with van der Waals surface area (Å²) in [6, 6.07) is 9.73. The third-order valence-electron chi connectivity index (χ3n) is 4.77. The van der Waals surface area contributed by atoms with Crippen molar-refractivity contribution in [3.05, 3.63) is 58.0 Å². The van der Waals surface area contributed by atoms with E-state index < -0.39 is 0 Å². The maximum absolute atomic E-state index is 12.9. The molecule has 2 heterocycles. The van der Waals surface area contributed by atoms with Crippen molar-refractivity contribution >= 4 is 23.0 Å². The number of carbonyl (C=O) groups excluding carboxylic acids is 2. The highest BCUT2D eigenvalue weighted by atomic mass is 32.1. The highest BCUT2D eigenvalue weighted by Crippen LogP contribution is 2.24. The Morgan fingerprint density at radius 3 is 2.44 bits per heavy atom. The zero-order valence-corrected chi connectivity index (χ0v) is 14.9. The average Bonchev–Trinajstić information content (AvgIpc) is 3.13. The Labute approximate surface area is 151 Å². The summed E-state index contributed by atoms with van der Waals surface area (Å²) in [4.78, 5) is 27.7. The first-order valence-corrected chi connectivity index (χ1v) is 9.58. The fourth-order valence-corrected chi connectivity index (χ4v) is 4.08. The summed E-state index contributed by atoms with van der Waals surface area (Å²) in [6.45, 7) is 1.55.